The molecule has 0 amide bonds. The van der Waals surface area contributed by atoms with Crippen molar-refractivity contribution in [2.24, 2.45) is 38.9 Å². The molecule has 1 aliphatic carbocycles. The highest BCUT2D eigenvalue weighted by Crippen LogP contribution is 2.64. The molecule has 1 aliphatic rings. The van der Waals surface area contributed by atoms with Crippen LogP contribution in [0.3, 0.4) is 0 Å². The van der Waals surface area contributed by atoms with Gasteiger partial charge in [0, 0.05) is 0 Å². The van der Waals surface area contributed by atoms with E-state index in [2.05, 4.69) is 83.1 Å². The van der Waals surface area contributed by atoms with E-state index >= 15 is 4.79 Å². The van der Waals surface area contributed by atoms with E-state index in [-0.39, 0.29) is 40.2 Å². The minimum atomic E-state index is -0.644. The Kier molecular flexibility index (Phi) is 18.7. The first-order valence-corrected chi connectivity index (χ1v) is 20.3. The van der Waals surface area contributed by atoms with Gasteiger partial charge in [0.25, 0.3) is 0 Å². The van der Waals surface area contributed by atoms with Crippen LogP contribution in [-0.4, -0.2) is 25.2 Å². The predicted molar refractivity (Wildman–Crippen MR) is 201 cm³/mol. The summed E-state index contributed by atoms with van der Waals surface area (Å²) in [4.78, 5) is 28.8. The summed E-state index contributed by atoms with van der Waals surface area (Å²) < 4.78 is 12.3. The number of hydrogen-bond donors (Lipinski definition) is 0. The van der Waals surface area contributed by atoms with Gasteiger partial charge in [0.1, 0.15) is 6.10 Å². The lowest BCUT2D eigenvalue weighted by Gasteiger charge is -2.59. The Labute approximate surface area is 294 Å². The molecule has 1 fully saturated rings. The van der Waals surface area contributed by atoms with Crippen LogP contribution in [0.1, 0.15) is 212 Å². The summed E-state index contributed by atoms with van der Waals surface area (Å²) >= 11 is 0. The van der Waals surface area contributed by atoms with E-state index in [0.29, 0.717) is 11.3 Å². The molecule has 4 nitrogen and oxygen atoms in total. The Morgan fingerprint density at radius 2 is 1.19 bits per heavy atom. The predicted octanol–water partition coefficient (Wildman–Crippen LogP) is 13.3. The Bertz CT molecular complexity index is 894. The van der Waals surface area contributed by atoms with Crippen LogP contribution in [0.25, 0.3) is 0 Å². The van der Waals surface area contributed by atoms with E-state index in [0.717, 1.165) is 116 Å². The number of rotatable bonds is 23. The molecule has 4 heteroatoms. The summed E-state index contributed by atoms with van der Waals surface area (Å²) in [6.07, 6.45) is 20.9. The summed E-state index contributed by atoms with van der Waals surface area (Å²) in [5.74, 6) is 0.410. The van der Waals surface area contributed by atoms with Gasteiger partial charge in [-0.25, -0.2) is 0 Å². The summed E-state index contributed by atoms with van der Waals surface area (Å²) in [5, 5.41) is 0. The van der Waals surface area contributed by atoms with Crippen LogP contribution in [0.5, 0.6) is 0 Å². The largest absolute Gasteiger partial charge is 0.469 e. The molecule has 0 spiro atoms. The van der Waals surface area contributed by atoms with Crippen LogP contribution in [0.15, 0.2) is 0 Å². The van der Waals surface area contributed by atoms with Crippen LogP contribution in [0.4, 0.5) is 0 Å². The van der Waals surface area contributed by atoms with Gasteiger partial charge in [-0.15, -0.1) is 0 Å². The molecule has 0 saturated heterocycles. The fraction of sp³-hybridized carbons (Fsp3) is 0.953. The zero-order chi connectivity index (χ0) is 35.9. The maximum Gasteiger partial charge on any atom is 0.312 e. The average molecular weight is 663 g/mol. The topological polar surface area (TPSA) is 52.6 Å². The highest BCUT2D eigenvalue weighted by Gasteiger charge is 2.61. The highest BCUT2D eigenvalue weighted by molar-refractivity contribution is 5.78. The van der Waals surface area contributed by atoms with Crippen molar-refractivity contribution in [2.45, 2.75) is 218 Å². The van der Waals surface area contributed by atoms with Crippen molar-refractivity contribution < 1.29 is 19.1 Å². The van der Waals surface area contributed by atoms with Gasteiger partial charge in [-0.2, -0.15) is 0 Å². The van der Waals surface area contributed by atoms with Crippen LogP contribution in [-0.2, 0) is 19.1 Å². The summed E-state index contributed by atoms with van der Waals surface area (Å²) in [6.45, 7) is 27.7. The molecule has 0 aromatic carbocycles. The van der Waals surface area contributed by atoms with Crippen molar-refractivity contribution in [1.29, 1.82) is 0 Å². The molecule has 0 bridgehead atoms. The van der Waals surface area contributed by atoms with Gasteiger partial charge in [0.05, 0.1) is 18.4 Å². The van der Waals surface area contributed by atoms with E-state index in [1.165, 1.54) is 12.8 Å². The van der Waals surface area contributed by atoms with Gasteiger partial charge >= 0.3 is 11.9 Å². The quantitative estimate of drug-likeness (QED) is 0.0807. The van der Waals surface area contributed by atoms with Crippen molar-refractivity contribution in [3.8, 4) is 0 Å². The zero-order valence-corrected chi connectivity index (χ0v) is 34.0. The first-order chi connectivity index (χ1) is 22.0. The third-order valence-electron chi connectivity index (χ3n) is 13.5. The fourth-order valence-electron chi connectivity index (χ4n) is 9.34. The highest BCUT2D eigenvalue weighted by atomic mass is 16.5. The van der Waals surface area contributed by atoms with Crippen LogP contribution in [0, 0.1) is 38.9 Å². The van der Waals surface area contributed by atoms with E-state index in [1.54, 1.807) is 7.11 Å². The standard InChI is InChI=1S/C43H82O4/c1-14-19-23-24-30-41(11,38(45)47-35-27-25-34(26-28-35)39(6,7)8)42(12,31-21-16-3)43(18-5,32-22-17-4)33-36(37(44)46-13)40(9,10)29-20-15-2/h34-36H,14-33H2,1-13H3. The molecule has 4 atom stereocenters. The van der Waals surface area contributed by atoms with Crippen molar-refractivity contribution in [2.75, 3.05) is 7.11 Å². The number of esters is 2. The third-order valence-corrected chi connectivity index (χ3v) is 13.5. The molecule has 0 N–H and O–H groups in total. The average Bonchev–Trinajstić information content (AvgIpc) is 3.04. The van der Waals surface area contributed by atoms with E-state index in [1.807, 2.05) is 0 Å². The molecule has 278 valence electrons. The van der Waals surface area contributed by atoms with Crippen molar-refractivity contribution in [1.82, 2.24) is 0 Å². The summed E-state index contributed by atoms with van der Waals surface area (Å²) in [5.41, 5.74) is -1.08. The first-order valence-electron chi connectivity index (χ1n) is 20.3. The molecule has 0 radical (unpaired) electrons. The second-order valence-electron chi connectivity index (χ2n) is 17.9. The Balaban J connectivity index is 3.83. The first kappa shape index (κ1) is 44.0. The second-order valence-corrected chi connectivity index (χ2v) is 17.9. The number of ether oxygens (including phenoxy) is 2. The van der Waals surface area contributed by atoms with Gasteiger partial charge < -0.3 is 9.47 Å². The molecule has 4 unspecified atom stereocenters. The van der Waals surface area contributed by atoms with E-state index in [9.17, 15) is 4.79 Å². The smallest absolute Gasteiger partial charge is 0.312 e. The maximum absolute atomic E-state index is 15.0. The van der Waals surface area contributed by atoms with Gasteiger partial charge in [0.15, 0.2) is 0 Å². The second kappa shape index (κ2) is 20.0. The Morgan fingerprint density at radius 3 is 1.68 bits per heavy atom. The van der Waals surface area contributed by atoms with E-state index in [4.69, 9.17) is 9.47 Å². The molecule has 0 aliphatic heterocycles. The van der Waals surface area contributed by atoms with Crippen LogP contribution < -0.4 is 0 Å². The van der Waals surface area contributed by atoms with Crippen molar-refractivity contribution >= 4 is 11.9 Å². The lowest BCUT2D eigenvalue weighted by Crippen LogP contribution is -2.57. The minimum absolute atomic E-state index is 0.00829. The molecule has 1 saturated carbocycles. The van der Waals surface area contributed by atoms with Crippen LogP contribution in [0.2, 0.25) is 0 Å². The molecule has 0 aromatic rings. The number of carbonyl (C=O) groups is 2. The molecular weight excluding hydrogens is 580 g/mol. The number of unbranched alkanes of at least 4 members (excludes halogenated alkanes) is 6. The lowest BCUT2D eigenvalue weighted by atomic mass is 9.44. The fourth-order valence-corrected chi connectivity index (χ4v) is 9.34. The monoisotopic (exact) mass is 663 g/mol. The zero-order valence-electron chi connectivity index (χ0n) is 34.0. The molecule has 47 heavy (non-hydrogen) atoms. The molecule has 1 rings (SSSR count). The van der Waals surface area contributed by atoms with Gasteiger partial charge in [0.2, 0.25) is 0 Å². The van der Waals surface area contributed by atoms with Crippen molar-refractivity contribution in [3.63, 3.8) is 0 Å². The molecule has 0 heterocycles. The van der Waals surface area contributed by atoms with Gasteiger partial charge in [-0.1, -0.05) is 140 Å². The minimum Gasteiger partial charge on any atom is -0.469 e. The molecule has 0 aromatic heterocycles. The number of methoxy groups -OCH3 is 1. The van der Waals surface area contributed by atoms with E-state index < -0.39 is 5.41 Å². The Hall–Kier alpha value is -1.06. The number of carbonyl (C=O) groups excluding carboxylic acids is 2. The normalized spacial score (nSPS) is 22.1. The van der Waals surface area contributed by atoms with Crippen molar-refractivity contribution in [3.05, 3.63) is 0 Å². The molecular formula is C43H82O4. The maximum atomic E-state index is 15.0. The SMILES string of the molecule is CCCCCCC(C)(C(=O)OC1CCC(C(C)(C)C)CC1)C(C)(CCCC)C(CC)(CCCC)CC(C(=O)OC)C(C)(C)CCCC. The number of hydrogen-bond acceptors (Lipinski definition) is 4. The lowest BCUT2D eigenvalue weighted by molar-refractivity contribution is -0.189. The van der Waals surface area contributed by atoms with Gasteiger partial charge in [-0.3, -0.25) is 9.59 Å². The van der Waals surface area contributed by atoms with Gasteiger partial charge in [-0.05, 0) is 98.7 Å². The summed E-state index contributed by atoms with van der Waals surface area (Å²) in [6, 6.07) is 0. The third kappa shape index (κ3) is 11.5. The Morgan fingerprint density at radius 1 is 0.660 bits per heavy atom. The summed E-state index contributed by atoms with van der Waals surface area (Å²) in [7, 11) is 1.56. The van der Waals surface area contributed by atoms with Crippen LogP contribution >= 0.6 is 0 Å².